The zero-order chi connectivity index (χ0) is 21.3. The molecule has 5 nitrogen and oxygen atoms in total. The molecular formula is C23H17F2N5. The van der Waals surface area contributed by atoms with Crippen LogP contribution in [0.25, 0.3) is 16.9 Å². The standard InChI is InChI=1S/C23H17F2N5/c1-23(2,21-15(13-26)14-30(29-21)16-7-4-3-5-8-16)19-10-6-9-18(27-19)17-11-12-20(24)28-22(17)25/h3-12,14H,1-2H3. The Labute approximate surface area is 172 Å². The number of nitrogens with zero attached hydrogens (tertiary/aromatic N) is 5. The number of hydrogen-bond acceptors (Lipinski definition) is 4. The fourth-order valence-electron chi connectivity index (χ4n) is 3.29. The predicted octanol–water partition coefficient (Wildman–Crippen LogP) is 4.81. The van der Waals surface area contributed by atoms with Crippen molar-refractivity contribution in [1.82, 2.24) is 19.7 Å². The maximum Gasteiger partial charge on any atom is 0.224 e. The second-order valence-corrected chi connectivity index (χ2v) is 7.29. The minimum Gasteiger partial charge on any atom is -0.252 e. The number of nitriles is 1. The Morgan fingerprint density at radius 3 is 2.40 bits per heavy atom. The van der Waals surface area contributed by atoms with E-state index in [1.807, 2.05) is 44.2 Å². The minimum absolute atomic E-state index is 0.101. The number of benzene rings is 1. The summed E-state index contributed by atoms with van der Waals surface area (Å²) < 4.78 is 29.0. The first-order valence-corrected chi connectivity index (χ1v) is 9.26. The average Bonchev–Trinajstić information content (AvgIpc) is 3.20. The van der Waals surface area contributed by atoms with Crippen LogP contribution in [0.1, 0.15) is 30.8 Å². The molecule has 0 atom stereocenters. The number of halogens is 2. The van der Waals surface area contributed by atoms with Crippen molar-refractivity contribution >= 4 is 0 Å². The lowest BCUT2D eigenvalue weighted by Crippen LogP contribution is -2.23. The minimum atomic E-state index is -0.927. The van der Waals surface area contributed by atoms with Gasteiger partial charge in [-0.25, -0.2) is 4.68 Å². The average molecular weight is 401 g/mol. The lowest BCUT2D eigenvalue weighted by Gasteiger charge is -2.23. The highest BCUT2D eigenvalue weighted by Gasteiger charge is 2.31. The van der Waals surface area contributed by atoms with Crippen LogP contribution in [0.5, 0.6) is 0 Å². The van der Waals surface area contributed by atoms with E-state index in [4.69, 9.17) is 0 Å². The largest absolute Gasteiger partial charge is 0.252 e. The highest BCUT2D eigenvalue weighted by Crippen LogP contribution is 2.33. The fourth-order valence-corrected chi connectivity index (χ4v) is 3.29. The molecule has 0 aliphatic heterocycles. The second kappa shape index (κ2) is 7.48. The molecule has 0 radical (unpaired) electrons. The maximum absolute atomic E-state index is 14.1. The van der Waals surface area contributed by atoms with Gasteiger partial charge in [-0.3, -0.25) is 4.98 Å². The molecule has 0 aliphatic rings. The lowest BCUT2D eigenvalue weighted by atomic mass is 9.83. The first-order valence-electron chi connectivity index (χ1n) is 9.26. The van der Waals surface area contributed by atoms with Crippen molar-refractivity contribution in [1.29, 1.82) is 5.26 Å². The summed E-state index contributed by atoms with van der Waals surface area (Å²) in [7, 11) is 0. The molecule has 4 aromatic rings. The van der Waals surface area contributed by atoms with Crippen LogP contribution < -0.4 is 0 Å². The highest BCUT2D eigenvalue weighted by atomic mass is 19.1. The van der Waals surface area contributed by atoms with E-state index >= 15 is 0 Å². The summed E-state index contributed by atoms with van der Waals surface area (Å²) in [5.74, 6) is -1.82. The van der Waals surface area contributed by atoms with Crippen molar-refractivity contribution in [2.75, 3.05) is 0 Å². The van der Waals surface area contributed by atoms with Gasteiger partial charge in [-0.05, 0) is 50.2 Å². The third kappa shape index (κ3) is 3.44. The molecule has 0 unspecified atom stereocenters. The third-order valence-electron chi connectivity index (χ3n) is 4.93. The van der Waals surface area contributed by atoms with E-state index < -0.39 is 17.3 Å². The summed E-state index contributed by atoms with van der Waals surface area (Å²) in [6.07, 6.45) is 1.68. The molecule has 30 heavy (non-hydrogen) atoms. The predicted molar refractivity (Wildman–Crippen MR) is 108 cm³/mol. The topological polar surface area (TPSA) is 67.4 Å². The summed E-state index contributed by atoms with van der Waals surface area (Å²) in [6.45, 7) is 3.80. The number of para-hydroxylation sites is 1. The molecule has 1 aromatic carbocycles. The van der Waals surface area contributed by atoms with Gasteiger partial charge in [-0.2, -0.15) is 24.1 Å². The van der Waals surface area contributed by atoms with Crippen molar-refractivity contribution < 1.29 is 8.78 Å². The molecule has 4 rings (SSSR count). The molecule has 3 aromatic heterocycles. The molecule has 0 N–H and O–H groups in total. The summed E-state index contributed by atoms with van der Waals surface area (Å²) in [6, 6.07) is 19.2. The number of hydrogen-bond donors (Lipinski definition) is 0. The van der Waals surface area contributed by atoms with Gasteiger partial charge in [0.1, 0.15) is 6.07 Å². The fraction of sp³-hybridized carbons (Fsp3) is 0.130. The summed E-state index contributed by atoms with van der Waals surface area (Å²) in [5, 5.41) is 14.3. The molecular weight excluding hydrogens is 384 g/mol. The van der Waals surface area contributed by atoms with E-state index in [1.54, 1.807) is 29.1 Å². The van der Waals surface area contributed by atoms with E-state index in [1.165, 1.54) is 6.07 Å². The van der Waals surface area contributed by atoms with Crippen LogP contribution in [-0.2, 0) is 5.41 Å². The summed E-state index contributed by atoms with van der Waals surface area (Å²) in [4.78, 5) is 7.81. The van der Waals surface area contributed by atoms with Crippen LogP contribution in [0.2, 0.25) is 0 Å². The summed E-state index contributed by atoms with van der Waals surface area (Å²) in [5.41, 5.74) is 2.08. The van der Waals surface area contributed by atoms with Crippen molar-refractivity contribution in [3.63, 3.8) is 0 Å². The highest BCUT2D eigenvalue weighted by molar-refractivity contribution is 5.59. The first kappa shape index (κ1) is 19.4. The summed E-state index contributed by atoms with van der Waals surface area (Å²) >= 11 is 0. The number of rotatable bonds is 4. The van der Waals surface area contributed by atoms with Gasteiger partial charge in [0.15, 0.2) is 0 Å². The Morgan fingerprint density at radius 2 is 1.70 bits per heavy atom. The van der Waals surface area contributed by atoms with E-state index in [0.29, 0.717) is 22.6 Å². The van der Waals surface area contributed by atoms with E-state index in [2.05, 4.69) is 21.1 Å². The van der Waals surface area contributed by atoms with Crippen LogP contribution in [-0.4, -0.2) is 19.7 Å². The number of aromatic nitrogens is 4. The molecule has 7 heteroatoms. The van der Waals surface area contributed by atoms with E-state index in [0.717, 1.165) is 11.8 Å². The maximum atomic E-state index is 14.1. The van der Waals surface area contributed by atoms with Gasteiger partial charge in [-0.15, -0.1) is 0 Å². The molecule has 148 valence electrons. The van der Waals surface area contributed by atoms with Gasteiger partial charge in [0.05, 0.1) is 39.3 Å². The van der Waals surface area contributed by atoms with Crippen LogP contribution in [0, 0.1) is 23.2 Å². The normalized spacial score (nSPS) is 11.3. The molecule has 0 saturated carbocycles. The molecule has 3 heterocycles. The monoisotopic (exact) mass is 401 g/mol. The Morgan fingerprint density at radius 1 is 0.933 bits per heavy atom. The van der Waals surface area contributed by atoms with Crippen LogP contribution in [0.3, 0.4) is 0 Å². The Kier molecular flexibility index (Phi) is 4.84. The quantitative estimate of drug-likeness (QED) is 0.461. The van der Waals surface area contributed by atoms with Crippen LogP contribution in [0.4, 0.5) is 8.78 Å². The Hall–Kier alpha value is -3.92. The van der Waals surface area contributed by atoms with Crippen molar-refractivity contribution in [3.8, 4) is 23.0 Å². The smallest absolute Gasteiger partial charge is 0.224 e. The molecule has 0 spiro atoms. The Bertz CT molecular complexity index is 1260. The molecule has 0 bridgehead atoms. The van der Waals surface area contributed by atoms with Crippen molar-refractivity contribution in [2.45, 2.75) is 19.3 Å². The zero-order valence-corrected chi connectivity index (χ0v) is 16.3. The van der Waals surface area contributed by atoms with Gasteiger partial charge >= 0.3 is 0 Å². The molecule has 0 fully saturated rings. The number of pyridine rings is 2. The van der Waals surface area contributed by atoms with Gasteiger partial charge in [0, 0.05) is 6.20 Å². The van der Waals surface area contributed by atoms with E-state index in [-0.39, 0.29) is 5.56 Å². The lowest BCUT2D eigenvalue weighted by molar-refractivity contribution is 0.514. The first-order chi connectivity index (χ1) is 14.4. The third-order valence-corrected chi connectivity index (χ3v) is 4.93. The Balaban J connectivity index is 1.79. The zero-order valence-electron chi connectivity index (χ0n) is 16.3. The van der Waals surface area contributed by atoms with Crippen LogP contribution in [0.15, 0.2) is 66.9 Å². The molecule has 0 amide bonds. The SMILES string of the molecule is CC(C)(c1cccc(-c2ccc(F)nc2F)n1)c1nn(-c2ccccc2)cc1C#N. The molecule has 0 aliphatic carbocycles. The van der Waals surface area contributed by atoms with Gasteiger partial charge in [-0.1, -0.05) is 24.3 Å². The van der Waals surface area contributed by atoms with Gasteiger partial charge < -0.3 is 0 Å². The van der Waals surface area contributed by atoms with Crippen molar-refractivity contribution in [2.24, 2.45) is 0 Å². The molecule has 0 saturated heterocycles. The van der Waals surface area contributed by atoms with Crippen LogP contribution >= 0.6 is 0 Å². The second-order valence-electron chi connectivity index (χ2n) is 7.29. The van der Waals surface area contributed by atoms with Crippen molar-refractivity contribution in [3.05, 3.63) is 95.7 Å². The van der Waals surface area contributed by atoms with Gasteiger partial charge in [0.25, 0.3) is 0 Å². The van der Waals surface area contributed by atoms with E-state index in [9.17, 15) is 14.0 Å². The van der Waals surface area contributed by atoms with Gasteiger partial charge in [0.2, 0.25) is 11.9 Å².